The van der Waals surface area contributed by atoms with E-state index in [4.69, 9.17) is 8.94 Å². The quantitative estimate of drug-likeness (QED) is 0.537. The maximum Gasteiger partial charge on any atom is 0.261 e. The lowest BCUT2D eigenvalue weighted by Gasteiger charge is -2.26. The second-order valence-electron chi connectivity index (χ2n) is 6.85. The molecule has 0 N–H and O–H groups in total. The van der Waals surface area contributed by atoms with Crippen LogP contribution in [0.15, 0.2) is 45.7 Å². The molecule has 138 valence electrons. The summed E-state index contributed by atoms with van der Waals surface area (Å²) in [5.74, 6) is 0.958. The summed E-state index contributed by atoms with van der Waals surface area (Å²) in [4.78, 5) is 6.94. The molecule has 0 atom stereocenters. The minimum atomic E-state index is 0.434. The Hall–Kier alpha value is -3.00. The zero-order valence-electron chi connectivity index (χ0n) is 14.9. The van der Waals surface area contributed by atoms with Crippen LogP contribution in [0.3, 0.4) is 0 Å². The first-order valence-corrected chi connectivity index (χ1v) is 9.29. The Bertz CT molecular complexity index is 1030. The Labute approximate surface area is 155 Å². The van der Waals surface area contributed by atoms with Crippen LogP contribution >= 0.6 is 0 Å². The van der Waals surface area contributed by atoms with Gasteiger partial charge in [-0.2, -0.15) is 4.98 Å². The molecule has 0 radical (unpaired) electrons. The van der Waals surface area contributed by atoms with Crippen LogP contribution in [0, 0.1) is 0 Å². The first-order chi connectivity index (χ1) is 13.4. The third kappa shape index (κ3) is 3.23. The van der Waals surface area contributed by atoms with Crippen molar-refractivity contribution >= 4 is 11.0 Å². The highest BCUT2D eigenvalue weighted by molar-refractivity contribution is 5.80. The van der Waals surface area contributed by atoms with Crippen molar-refractivity contribution in [2.45, 2.75) is 25.8 Å². The summed E-state index contributed by atoms with van der Waals surface area (Å²) in [6.45, 7) is 4.24. The summed E-state index contributed by atoms with van der Waals surface area (Å²) in [6.07, 6.45) is 7.10. The molecule has 8 heteroatoms. The number of nitrogens with zero attached hydrogens (tertiary/aromatic N) is 6. The molecule has 0 bridgehead atoms. The molecule has 1 aliphatic heterocycles. The number of rotatable bonds is 5. The molecule has 4 aromatic rings. The van der Waals surface area contributed by atoms with Gasteiger partial charge in [-0.05, 0) is 50.2 Å². The lowest BCUT2D eigenvalue weighted by atomic mass is 10.1. The average Bonchev–Trinajstić information content (AvgIpc) is 3.47. The fourth-order valence-electron chi connectivity index (χ4n) is 3.54. The van der Waals surface area contributed by atoms with Gasteiger partial charge in [0.15, 0.2) is 0 Å². The number of hydrogen-bond acceptors (Lipinski definition) is 7. The number of aromatic nitrogens is 5. The van der Waals surface area contributed by atoms with E-state index in [1.165, 1.54) is 32.4 Å². The van der Waals surface area contributed by atoms with E-state index in [1.807, 2.05) is 22.9 Å². The second-order valence-corrected chi connectivity index (χ2v) is 6.85. The van der Waals surface area contributed by atoms with Crippen LogP contribution in [0.5, 0.6) is 0 Å². The van der Waals surface area contributed by atoms with Crippen LogP contribution in [0.25, 0.3) is 33.9 Å². The van der Waals surface area contributed by atoms with E-state index < -0.39 is 0 Å². The summed E-state index contributed by atoms with van der Waals surface area (Å²) in [5, 5.41) is 12.7. The van der Waals surface area contributed by atoms with Crippen LogP contribution in [0.1, 0.15) is 19.3 Å². The molecule has 5 rings (SSSR count). The molecule has 0 saturated carbocycles. The van der Waals surface area contributed by atoms with Crippen molar-refractivity contribution in [2.75, 3.05) is 19.6 Å². The molecule has 1 aliphatic rings. The normalized spacial score (nSPS) is 15.6. The number of benzene rings is 1. The minimum absolute atomic E-state index is 0.434. The number of furan rings is 1. The van der Waals surface area contributed by atoms with Crippen LogP contribution in [-0.4, -0.2) is 49.7 Å². The number of hydrogen-bond donors (Lipinski definition) is 0. The van der Waals surface area contributed by atoms with E-state index in [9.17, 15) is 0 Å². The van der Waals surface area contributed by atoms with Crippen LogP contribution in [0.4, 0.5) is 0 Å². The fourth-order valence-corrected chi connectivity index (χ4v) is 3.54. The first kappa shape index (κ1) is 16.2. The summed E-state index contributed by atoms with van der Waals surface area (Å²) < 4.78 is 12.4. The van der Waals surface area contributed by atoms with Crippen molar-refractivity contribution in [3.63, 3.8) is 0 Å². The molecule has 0 spiro atoms. The molecule has 3 aromatic heterocycles. The zero-order valence-corrected chi connectivity index (χ0v) is 14.9. The average molecular weight is 364 g/mol. The predicted molar refractivity (Wildman–Crippen MR) is 98.8 cm³/mol. The van der Waals surface area contributed by atoms with Gasteiger partial charge in [0.1, 0.15) is 11.8 Å². The Morgan fingerprint density at radius 3 is 2.78 bits per heavy atom. The van der Waals surface area contributed by atoms with Crippen molar-refractivity contribution in [3.05, 3.63) is 36.8 Å². The highest BCUT2D eigenvalue weighted by atomic mass is 16.5. The topological polar surface area (TPSA) is 86.0 Å². The van der Waals surface area contributed by atoms with Gasteiger partial charge < -0.3 is 13.8 Å². The minimum Gasteiger partial charge on any atom is -0.472 e. The molecule has 0 amide bonds. The maximum atomic E-state index is 5.32. The third-order valence-corrected chi connectivity index (χ3v) is 5.04. The Morgan fingerprint density at radius 2 is 1.93 bits per heavy atom. The third-order valence-electron chi connectivity index (χ3n) is 5.04. The fraction of sp³-hybridized carbons (Fsp3) is 0.368. The smallest absolute Gasteiger partial charge is 0.261 e. The highest BCUT2D eigenvalue weighted by Crippen LogP contribution is 2.24. The van der Waals surface area contributed by atoms with Gasteiger partial charge in [-0.25, -0.2) is 4.68 Å². The van der Waals surface area contributed by atoms with Crippen molar-refractivity contribution in [1.82, 2.24) is 30.0 Å². The van der Waals surface area contributed by atoms with Gasteiger partial charge in [-0.15, -0.1) is 5.10 Å². The van der Waals surface area contributed by atoms with Gasteiger partial charge in [-0.1, -0.05) is 16.8 Å². The first-order valence-electron chi connectivity index (χ1n) is 9.29. The lowest BCUT2D eigenvalue weighted by Crippen LogP contribution is -2.32. The summed E-state index contributed by atoms with van der Waals surface area (Å²) in [6, 6.07) is 7.74. The molecule has 4 heterocycles. The van der Waals surface area contributed by atoms with Gasteiger partial charge in [-0.3, -0.25) is 0 Å². The monoisotopic (exact) mass is 364 g/mol. The molecule has 1 fully saturated rings. The van der Waals surface area contributed by atoms with Crippen molar-refractivity contribution in [3.8, 4) is 22.8 Å². The van der Waals surface area contributed by atoms with Crippen molar-refractivity contribution in [2.24, 2.45) is 0 Å². The molecule has 8 nitrogen and oxygen atoms in total. The molecule has 0 aliphatic carbocycles. The van der Waals surface area contributed by atoms with Gasteiger partial charge in [0, 0.05) is 12.1 Å². The summed E-state index contributed by atoms with van der Waals surface area (Å²) >= 11 is 0. The van der Waals surface area contributed by atoms with Crippen molar-refractivity contribution < 1.29 is 8.94 Å². The molecular formula is C19H20N6O2. The van der Waals surface area contributed by atoms with Crippen LogP contribution in [-0.2, 0) is 6.54 Å². The Kier molecular flexibility index (Phi) is 4.17. The molecule has 27 heavy (non-hydrogen) atoms. The Morgan fingerprint density at radius 1 is 1.00 bits per heavy atom. The van der Waals surface area contributed by atoms with E-state index in [0.29, 0.717) is 11.7 Å². The lowest BCUT2D eigenvalue weighted by molar-refractivity contribution is 0.218. The van der Waals surface area contributed by atoms with E-state index in [2.05, 4.69) is 25.4 Å². The van der Waals surface area contributed by atoms with E-state index in [-0.39, 0.29) is 0 Å². The van der Waals surface area contributed by atoms with Gasteiger partial charge in [0.05, 0.1) is 23.9 Å². The van der Waals surface area contributed by atoms with Crippen LogP contribution in [0.2, 0.25) is 0 Å². The van der Waals surface area contributed by atoms with Gasteiger partial charge in [0.25, 0.3) is 5.89 Å². The van der Waals surface area contributed by atoms with E-state index >= 15 is 0 Å². The maximum absolute atomic E-state index is 5.32. The van der Waals surface area contributed by atoms with Gasteiger partial charge >= 0.3 is 0 Å². The molecular weight excluding hydrogens is 344 g/mol. The van der Waals surface area contributed by atoms with E-state index in [1.54, 1.807) is 18.6 Å². The predicted octanol–water partition coefficient (Wildman–Crippen LogP) is 3.23. The molecule has 1 saturated heterocycles. The largest absolute Gasteiger partial charge is 0.472 e. The number of likely N-dealkylation sites (tertiary alicyclic amines) is 1. The van der Waals surface area contributed by atoms with Gasteiger partial charge in [0.2, 0.25) is 5.82 Å². The summed E-state index contributed by atoms with van der Waals surface area (Å²) in [7, 11) is 0. The zero-order chi connectivity index (χ0) is 18.1. The standard InChI is InChI=1S/C19H20N6O2/c1-2-7-24(8-3-1)9-10-25-17-5-4-14(12-16(17)21-23-25)18-20-19(27-22-18)15-6-11-26-13-15/h4-6,11-13H,1-3,7-10H2. The SMILES string of the molecule is c1cc(-c2nc(-c3ccc4c(c3)nnn4CCN3CCCCC3)no2)co1. The van der Waals surface area contributed by atoms with Crippen LogP contribution < -0.4 is 0 Å². The Balaban J connectivity index is 1.35. The van der Waals surface area contributed by atoms with E-state index in [0.717, 1.165) is 35.2 Å². The molecule has 0 unspecified atom stereocenters. The highest BCUT2D eigenvalue weighted by Gasteiger charge is 2.14. The second kappa shape index (κ2) is 6.96. The van der Waals surface area contributed by atoms with Crippen molar-refractivity contribution in [1.29, 1.82) is 0 Å². The number of piperidine rings is 1. The summed E-state index contributed by atoms with van der Waals surface area (Å²) in [5.41, 5.74) is 3.47. The number of fused-ring (bicyclic) bond motifs is 1. The molecule has 1 aromatic carbocycles.